The highest BCUT2D eigenvalue weighted by molar-refractivity contribution is 7.15. The molecule has 1 fully saturated rings. The third-order valence-electron chi connectivity index (χ3n) is 4.08. The molecule has 0 unspecified atom stereocenters. The summed E-state index contributed by atoms with van der Waals surface area (Å²) in [4.78, 5) is 43.4. The first-order chi connectivity index (χ1) is 12.0. The van der Waals surface area contributed by atoms with E-state index in [1.807, 2.05) is 30.3 Å². The van der Waals surface area contributed by atoms with Crippen LogP contribution in [-0.4, -0.2) is 52.8 Å². The lowest BCUT2D eigenvalue weighted by Crippen LogP contribution is -2.37. The molecule has 8 heteroatoms. The maximum Gasteiger partial charge on any atom is 0.326 e. The number of hydrogen-bond acceptors (Lipinski definition) is 5. The van der Waals surface area contributed by atoms with Gasteiger partial charge in [-0.25, -0.2) is 9.78 Å². The topological polar surface area (TPSA) is 82.6 Å². The zero-order valence-electron chi connectivity index (χ0n) is 13.9. The molecule has 7 nitrogen and oxygen atoms in total. The van der Waals surface area contributed by atoms with Crippen LogP contribution >= 0.6 is 11.3 Å². The summed E-state index contributed by atoms with van der Waals surface area (Å²) in [6, 6.07) is 8.68. The number of carbonyl (C=O) groups is 3. The van der Waals surface area contributed by atoms with Gasteiger partial charge in [-0.1, -0.05) is 30.3 Å². The first-order valence-corrected chi connectivity index (χ1v) is 8.60. The number of urea groups is 1. The normalized spacial score (nSPS) is 17.3. The van der Waals surface area contributed by atoms with Crippen LogP contribution in [0, 0.1) is 0 Å². The van der Waals surface area contributed by atoms with Gasteiger partial charge in [0.2, 0.25) is 5.91 Å². The van der Waals surface area contributed by atoms with Crippen molar-refractivity contribution < 1.29 is 14.4 Å². The second-order valence-corrected chi connectivity index (χ2v) is 6.90. The van der Waals surface area contributed by atoms with Crippen LogP contribution in [0.4, 0.5) is 4.79 Å². The van der Waals surface area contributed by atoms with E-state index < -0.39 is 12.1 Å². The van der Waals surface area contributed by atoms with E-state index in [9.17, 15) is 14.4 Å². The number of rotatable bonds is 5. The molecule has 0 bridgehead atoms. The molecule has 1 saturated heterocycles. The summed E-state index contributed by atoms with van der Waals surface area (Å²) < 4.78 is 0. The van der Waals surface area contributed by atoms with Gasteiger partial charge in [0.05, 0.1) is 13.0 Å². The zero-order chi connectivity index (χ0) is 18.0. The highest BCUT2D eigenvalue weighted by Gasteiger charge is 2.41. The minimum absolute atomic E-state index is 0.0459. The SMILES string of the molecule is CN1C(=O)[C@@H](CC(=O)NCc2cnc(-c3ccccc3)s2)N(C)C1=O. The Morgan fingerprint density at radius 2 is 1.96 bits per heavy atom. The number of carbonyl (C=O) groups excluding carboxylic acids is 3. The number of aromatic nitrogens is 1. The predicted molar refractivity (Wildman–Crippen MR) is 93.7 cm³/mol. The minimum atomic E-state index is -0.737. The zero-order valence-corrected chi connectivity index (χ0v) is 14.7. The van der Waals surface area contributed by atoms with Crippen molar-refractivity contribution in [3.05, 3.63) is 41.4 Å². The maximum absolute atomic E-state index is 12.1. The molecule has 1 N–H and O–H groups in total. The molecule has 0 radical (unpaired) electrons. The predicted octanol–water partition coefficient (Wildman–Crippen LogP) is 1.71. The molecule has 2 heterocycles. The van der Waals surface area contributed by atoms with E-state index in [2.05, 4.69) is 10.3 Å². The van der Waals surface area contributed by atoms with E-state index >= 15 is 0 Å². The molecule has 2 aromatic rings. The Hall–Kier alpha value is -2.74. The van der Waals surface area contributed by atoms with E-state index in [0.29, 0.717) is 6.54 Å². The molecule has 1 aromatic heterocycles. The lowest BCUT2D eigenvalue weighted by atomic mass is 10.2. The van der Waals surface area contributed by atoms with Gasteiger partial charge >= 0.3 is 6.03 Å². The van der Waals surface area contributed by atoms with E-state index in [1.54, 1.807) is 6.20 Å². The van der Waals surface area contributed by atoms with Crippen molar-refractivity contribution in [3.63, 3.8) is 0 Å². The number of imide groups is 1. The molecule has 3 rings (SSSR count). The van der Waals surface area contributed by atoms with Gasteiger partial charge in [-0.3, -0.25) is 14.5 Å². The van der Waals surface area contributed by atoms with E-state index in [4.69, 9.17) is 0 Å². The van der Waals surface area contributed by atoms with Crippen LogP contribution in [0.3, 0.4) is 0 Å². The Bertz CT molecular complexity index is 805. The molecule has 1 atom stereocenters. The Kier molecular flexibility index (Phi) is 4.80. The van der Waals surface area contributed by atoms with Crippen LogP contribution in [0.1, 0.15) is 11.3 Å². The quantitative estimate of drug-likeness (QED) is 0.825. The van der Waals surface area contributed by atoms with Gasteiger partial charge in [-0.15, -0.1) is 11.3 Å². The van der Waals surface area contributed by atoms with E-state index in [-0.39, 0.29) is 18.2 Å². The van der Waals surface area contributed by atoms with E-state index in [1.165, 1.54) is 30.3 Å². The summed E-state index contributed by atoms with van der Waals surface area (Å²) in [5.41, 5.74) is 1.03. The fourth-order valence-corrected chi connectivity index (χ4v) is 3.47. The largest absolute Gasteiger partial charge is 0.351 e. The van der Waals surface area contributed by atoms with Gasteiger partial charge in [0.1, 0.15) is 11.0 Å². The number of hydrogen-bond donors (Lipinski definition) is 1. The van der Waals surface area contributed by atoms with Crippen LogP contribution in [0.15, 0.2) is 36.5 Å². The molecule has 1 aliphatic rings. The summed E-state index contributed by atoms with van der Waals surface area (Å²) in [7, 11) is 2.94. The number of thiazole rings is 1. The molecule has 0 aliphatic carbocycles. The minimum Gasteiger partial charge on any atom is -0.351 e. The van der Waals surface area contributed by atoms with Crippen LogP contribution in [0.5, 0.6) is 0 Å². The van der Waals surface area contributed by atoms with Crippen molar-refractivity contribution in [2.75, 3.05) is 14.1 Å². The number of likely N-dealkylation sites (N-methyl/N-ethyl adjacent to an activating group) is 2. The van der Waals surface area contributed by atoms with Crippen molar-refractivity contribution in [2.45, 2.75) is 19.0 Å². The third-order valence-corrected chi connectivity index (χ3v) is 5.13. The molecular weight excluding hydrogens is 340 g/mol. The van der Waals surface area contributed by atoms with Crippen molar-refractivity contribution in [2.24, 2.45) is 0 Å². The first-order valence-electron chi connectivity index (χ1n) is 7.78. The van der Waals surface area contributed by atoms with Crippen LogP contribution in [0.2, 0.25) is 0 Å². The number of benzene rings is 1. The molecule has 130 valence electrons. The molecule has 1 aromatic carbocycles. The Morgan fingerprint density at radius 3 is 2.60 bits per heavy atom. The van der Waals surface area contributed by atoms with Gasteiger partial charge in [0, 0.05) is 30.7 Å². The lowest BCUT2D eigenvalue weighted by Gasteiger charge is -2.15. The Balaban J connectivity index is 1.56. The molecule has 25 heavy (non-hydrogen) atoms. The van der Waals surface area contributed by atoms with Crippen molar-refractivity contribution >= 4 is 29.2 Å². The molecule has 0 spiro atoms. The number of nitrogens with zero attached hydrogens (tertiary/aromatic N) is 3. The smallest absolute Gasteiger partial charge is 0.326 e. The fourth-order valence-electron chi connectivity index (χ4n) is 2.61. The average Bonchev–Trinajstić information content (AvgIpc) is 3.17. The molecule has 1 aliphatic heterocycles. The first kappa shape index (κ1) is 17.1. The summed E-state index contributed by atoms with van der Waals surface area (Å²) in [6.07, 6.45) is 1.69. The van der Waals surface area contributed by atoms with Gasteiger partial charge in [0.25, 0.3) is 5.91 Å². The van der Waals surface area contributed by atoms with Gasteiger partial charge in [-0.2, -0.15) is 0 Å². The standard InChI is InChI=1S/C17H18N4O3S/c1-20-13(16(23)21(2)17(20)24)8-14(22)18-9-12-10-19-15(25-12)11-6-4-3-5-7-11/h3-7,10,13H,8-9H2,1-2H3,(H,18,22)/t13-/m1/s1. The van der Waals surface area contributed by atoms with Crippen molar-refractivity contribution in [1.82, 2.24) is 20.1 Å². The highest BCUT2D eigenvalue weighted by Crippen LogP contribution is 2.24. The summed E-state index contributed by atoms with van der Waals surface area (Å²) in [6.45, 7) is 0.345. The second-order valence-electron chi connectivity index (χ2n) is 5.79. The fraction of sp³-hybridized carbons (Fsp3) is 0.294. The van der Waals surface area contributed by atoms with E-state index in [0.717, 1.165) is 20.3 Å². The van der Waals surface area contributed by atoms with Gasteiger partial charge in [-0.05, 0) is 0 Å². The monoisotopic (exact) mass is 358 g/mol. The second kappa shape index (κ2) is 7.02. The number of amides is 4. The number of nitrogens with one attached hydrogen (secondary N) is 1. The Labute approximate surface area is 149 Å². The Morgan fingerprint density at radius 1 is 1.24 bits per heavy atom. The summed E-state index contributed by atoms with van der Waals surface area (Å²) >= 11 is 1.51. The summed E-state index contributed by atoms with van der Waals surface area (Å²) in [5, 5.41) is 3.68. The molecule has 0 saturated carbocycles. The third kappa shape index (κ3) is 3.53. The van der Waals surface area contributed by atoms with Crippen LogP contribution in [-0.2, 0) is 16.1 Å². The van der Waals surface area contributed by atoms with Crippen LogP contribution in [0.25, 0.3) is 10.6 Å². The summed E-state index contributed by atoms with van der Waals surface area (Å²) in [5.74, 6) is -0.630. The average molecular weight is 358 g/mol. The van der Waals surface area contributed by atoms with Crippen LogP contribution < -0.4 is 5.32 Å². The van der Waals surface area contributed by atoms with Crippen molar-refractivity contribution in [1.29, 1.82) is 0 Å². The lowest BCUT2D eigenvalue weighted by molar-refractivity contribution is -0.131. The highest BCUT2D eigenvalue weighted by atomic mass is 32.1. The van der Waals surface area contributed by atoms with Crippen molar-refractivity contribution in [3.8, 4) is 10.6 Å². The van der Waals surface area contributed by atoms with Gasteiger partial charge < -0.3 is 10.2 Å². The molecule has 4 amide bonds. The molecular formula is C17H18N4O3S. The van der Waals surface area contributed by atoms with Gasteiger partial charge in [0.15, 0.2) is 0 Å². The maximum atomic E-state index is 12.1.